The van der Waals surface area contributed by atoms with Crippen molar-refractivity contribution in [3.63, 3.8) is 0 Å². The Kier molecular flexibility index (Phi) is 5.11. The Balaban J connectivity index is 3.04. The van der Waals surface area contributed by atoms with Crippen LogP contribution in [0.2, 0.25) is 10.3 Å². The first-order valence-electron chi connectivity index (χ1n) is 4.61. The smallest absolute Gasteiger partial charge is 0.360 e. The Morgan fingerprint density at radius 1 is 1.17 bits per heavy atom. The van der Waals surface area contributed by atoms with E-state index >= 15 is 0 Å². The number of aromatic nitrogens is 2. The zero-order chi connectivity index (χ0) is 13.7. The van der Waals surface area contributed by atoms with Crippen LogP contribution in [0.4, 0.5) is 5.82 Å². The summed E-state index contributed by atoms with van der Waals surface area (Å²) in [4.78, 5) is 29.9. The monoisotopic (exact) mass is 293 g/mol. The van der Waals surface area contributed by atoms with Crippen molar-refractivity contribution in [1.82, 2.24) is 9.97 Å². The Labute approximate surface area is 112 Å². The zero-order valence-electron chi connectivity index (χ0n) is 9.49. The molecule has 98 valence electrons. The van der Waals surface area contributed by atoms with Crippen LogP contribution >= 0.6 is 23.2 Å². The first-order chi connectivity index (χ1) is 8.49. The second-order valence-corrected chi connectivity index (χ2v) is 3.64. The van der Waals surface area contributed by atoms with Gasteiger partial charge in [0.05, 0.1) is 14.2 Å². The lowest BCUT2D eigenvalue weighted by molar-refractivity contribution is -0.138. The molecule has 0 saturated heterocycles. The van der Waals surface area contributed by atoms with E-state index in [0.29, 0.717) is 0 Å². The predicted octanol–water partition coefficient (Wildman–Crippen LogP) is 1.15. The number of carbonyl (C=O) groups excluding carboxylic acids is 2. The average molecular weight is 294 g/mol. The van der Waals surface area contributed by atoms with Crippen LogP contribution < -0.4 is 5.32 Å². The van der Waals surface area contributed by atoms with Gasteiger partial charge >= 0.3 is 11.9 Å². The predicted molar refractivity (Wildman–Crippen MR) is 63.9 cm³/mol. The van der Waals surface area contributed by atoms with Crippen LogP contribution in [-0.2, 0) is 14.3 Å². The molecule has 0 aliphatic heterocycles. The summed E-state index contributed by atoms with van der Waals surface area (Å²) in [5, 5.41) is 2.32. The van der Waals surface area contributed by atoms with E-state index in [4.69, 9.17) is 23.2 Å². The highest BCUT2D eigenvalue weighted by Crippen LogP contribution is 2.22. The molecule has 0 aromatic carbocycles. The zero-order valence-corrected chi connectivity index (χ0v) is 11.0. The molecule has 1 heterocycles. The lowest BCUT2D eigenvalue weighted by Crippen LogP contribution is -2.19. The molecule has 0 bridgehead atoms. The third kappa shape index (κ3) is 3.44. The van der Waals surface area contributed by atoms with E-state index in [9.17, 15) is 9.59 Å². The van der Waals surface area contributed by atoms with Crippen molar-refractivity contribution in [1.29, 1.82) is 0 Å². The molecule has 0 atom stereocenters. The minimum absolute atomic E-state index is 0.0124. The van der Waals surface area contributed by atoms with Crippen LogP contribution in [0.5, 0.6) is 0 Å². The number of nitrogens with one attached hydrogen (secondary N) is 1. The summed E-state index contributed by atoms with van der Waals surface area (Å²) in [7, 11) is 2.41. The molecule has 0 radical (unpaired) electrons. The van der Waals surface area contributed by atoms with Gasteiger partial charge in [-0.25, -0.2) is 14.8 Å². The van der Waals surface area contributed by atoms with Gasteiger partial charge in [0.1, 0.15) is 6.54 Å². The lowest BCUT2D eigenvalue weighted by atomic mass is 10.4. The number of carbonyl (C=O) groups is 2. The van der Waals surface area contributed by atoms with Gasteiger partial charge in [-0.3, -0.25) is 4.79 Å². The maximum absolute atomic E-state index is 11.4. The second-order valence-electron chi connectivity index (χ2n) is 2.92. The maximum atomic E-state index is 11.4. The minimum atomic E-state index is -0.756. The topological polar surface area (TPSA) is 90.4 Å². The van der Waals surface area contributed by atoms with Gasteiger partial charge in [-0.2, -0.15) is 0 Å². The molecule has 1 aromatic heterocycles. The minimum Gasteiger partial charge on any atom is -0.468 e. The third-order valence-corrected chi connectivity index (χ3v) is 2.44. The summed E-state index contributed by atoms with van der Waals surface area (Å²) < 4.78 is 8.93. The fourth-order valence-corrected chi connectivity index (χ4v) is 1.24. The van der Waals surface area contributed by atoms with Crippen LogP contribution in [0, 0.1) is 0 Å². The lowest BCUT2D eigenvalue weighted by Gasteiger charge is -2.09. The van der Waals surface area contributed by atoms with Crippen molar-refractivity contribution in [3.05, 3.63) is 16.0 Å². The second kappa shape index (κ2) is 6.36. The normalized spacial score (nSPS) is 9.78. The molecule has 0 aliphatic rings. The van der Waals surface area contributed by atoms with Crippen LogP contribution in [0.15, 0.2) is 0 Å². The Morgan fingerprint density at radius 3 is 2.33 bits per heavy atom. The van der Waals surface area contributed by atoms with Gasteiger partial charge in [0.15, 0.2) is 21.8 Å². The van der Waals surface area contributed by atoms with E-state index in [1.807, 2.05) is 0 Å². The fraction of sp³-hybridized carbons (Fsp3) is 0.333. The van der Waals surface area contributed by atoms with Gasteiger partial charge in [0.2, 0.25) is 0 Å². The molecule has 9 heteroatoms. The summed E-state index contributed by atoms with van der Waals surface area (Å²) >= 11 is 11.3. The van der Waals surface area contributed by atoms with E-state index in [1.54, 1.807) is 0 Å². The fourth-order valence-electron chi connectivity index (χ4n) is 0.985. The highest BCUT2D eigenvalue weighted by molar-refractivity contribution is 6.40. The van der Waals surface area contributed by atoms with Gasteiger partial charge in [0, 0.05) is 0 Å². The number of rotatable bonds is 4. The molecule has 0 spiro atoms. The first kappa shape index (κ1) is 14.5. The quantitative estimate of drug-likeness (QED) is 0.833. The Bertz CT molecular complexity index is 481. The molecule has 1 rings (SSSR count). The number of halogens is 2. The highest BCUT2D eigenvalue weighted by Gasteiger charge is 2.19. The molecule has 7 nitrogen and oxygen atoms in total. The van der Waals surface area contributed by atoms with Crippen LogP contribution in [-0.4, -0.2) is 42.7 Å². The number of methoxy groups -OCH3 is 2. The van der Waals surface area contributed by atoms with E-state index < -0.39 is 11.9 Å². The Hall–Kier alpha value is -1.60. The molecule has 18 heavy (non-hydrogen) atoms. The van der Waals surface area contributed by atoms with E-state index in [2.05, 4.69) is 24.8 Å². The van der Waals surface area contributed by atoms with Crippen LogP contribution in [0.3, 0.4) is 0 Å². The number of nitrogens with zero attached hydrogens (tertiary/aromatic N) is 2. The summed E-state index contributed by atoms with van der Waals surface area (Å²) in [5.41, 5.74) is -0.171. The SMILES string of the molecule is COC(=O)CNc1nc(Cl)c(Cl)nc1C(=O)OC. The summed E-state index contributed by atoms with van der Waals surface area (Å²) in [6, 6.07) is 0. The molecule has 0 fully saturated rings. The molecular formula is C9H9Cl2N3O4. The molecule has 0 amide bonds. The van der Waals surface area contributed by atoms with Crippen molar-refractivity contribution < 1.29 is 19.1 Å². The van der Waals surface area contributed by atoms with E-state index in [-0.39, 0.29) is 28.4 Å². The number of hydrogen-bond donors (Lipinski definition) is 1. The van der Waals surface area contributed by atoms with Gasteiger partial charge in [-0.05, 0) is 0 Å². The van der Waals surface area contributed by atoms with Crippen LogP contribution in [0.1, 0.15) is 10.5 Å². The Morgan fingerprint density at radius 2 is 1.78 bits per heavy atom. The molecular weight excluding hydrogens is 285 g/mol. The number of ether oxygens (including phenoxy) is 2. The molecule has 0 unspecified atom stereocenters. The number of esters is 2. The summed E-state index contributed by atoms with van der Waals surface area (Å²) in [6.07, 6.45) is 0. The average Bonchev–Trinajstić information content (AvgIpc) is 2.38. The van der Waals surface area contributed by atoms with Gasteiger partial charge < -0.3 is 14.8 Å². The van der Waals surface area contributed by atoms with E-state index in [1.165, 1.54) is 14.2 Å². The standard InChI is InChI=1S/C9H9Cl2N3O4/c1-17-4(15)3-12-8-5(9(16)18-2)13-6(10)7(11)14-8/h3H2,1-2H3,(H,12,14). The van der Waals surface area contributed by atoms with Crippen molar-refractivity contribution in [2.45, 2.75) is 0 Å². The molecule has 0 saturated carbocycles. The van der Waals surface area contributed by atoms with E-state index in [0.717, 1.165) is 0 Å². The molecule has 0 aliphatic carbocycles. The molecule has 1 N–H and O–H groups in total. The molecule has 1 aromatic rings. The van der Waals surface area contributed by atoms with Crippen molar-refractivity contribution in [2.24, 2.45) is 0 Å². The summed E-state index contributed by atoms with van der Waals surface area (Å²) in [5.74, 6) is -1.31. The summed E-state index contributed by atoms with van der Waals surface area (Å²) in [6.45, 7) is -0.201. The first-order valence-corrected chi connectivity index (χ1v) is 5.37. The van der Waals surface area contributed by atoms with Gasteiger partial charge in [-0.1, -0.05) is 23.2 Å². The van der Waals surface area contributed by atoms with Crippen LogP contribution in [0.25, 0.3) is 0 Å². The highest BCUT2D eigenvalue weighted by atomic mass is 35.5. The largest absolute Gasteiger partial charge is 0.468 e. The van der Waals surface area contributed by atoms with Crippen molar-refractivity contribution in [3.8, 4) is 0 Å². The van der Waals surface area contributed by atoms with Gasteiger partial charge in [-0.15, -0.1) is 0 Å². The number of hydrogen-bond acceptors (Lipinski definition) is 7. The third-order valence-electron chi connectivity index (χ3n) is 1.82. The number of anilines is 1. The van der Waals surface area contributed by atoms with Gasteiger partial charge in [0.25, 0.3) is 0 Å². The van der Waals surface area contributed by atoms with Crippen molar-refractivity contribution in [2.75, 3.05) is 26.1 Å². The van der Waals surface area contributed by atoms with Crippen molar-refractivity contribution >= 4 is 41.0 Å². The maximum Gasteiger partial charge on any atom is 0.360 e.